The molecule has 0 spiro atoms. The Balaban J connectivity index is 2.19. The van der Waals surface area contributed by atoms with Gasteiger partial charge in [0.05, 0.1) is 16.7 Å². The molecule has 1 heterocycles. The lowest BCUT2D eigenvalue weighted by molar-refractivity contribution is -0.0655. The van der Waals surface area contributed by atoms with Crippen molar-refractivity contribution >= 4 is 12.1 Å². The lowest BCUT2D eigenvalue weighted by Gasteiger charge is -2.35. The summed E-state index contributed by atoms with van der Waals surface area (Å²) in [5.74, 6) is -0.0766. The van der Waals surface area contributed by atoms with Crippen molar-refractivity contribution in [3.05, 3.63) is 63.7 Å². The van der Waals surface area contributed by atoms with Crippen LogP contribution in [-0.2, 0) is 6.42 Å². The van der Waals surface area contributed by atoms with Gasteiger partial charge in [-0.1, -0.05) is 17.7 Å². The first-order valence-electron chi connectivity index (χ1n) is 10.2. The highest BCUT2D eigenvalue weighted by atomic mass is 16.6. The molecule has 2 N–H and O–H groups in total. The minimum Gasteiger partial charge on any atom is -0.507 e. The molecule has 0 aliphatic carbocycles. The predicted octanol–water partition coefficient (Wildman–Crippen LogP) is 4.16. The number of carbonyl (C=O) groups is 2. The molecule has 3 rings (SSSR count). The molecule has 6 heteroatoms. The van der Waals surface area contributed by atoms with E-state index in [4.69, 9.17) is 9.47 Å². The Kier molecular flexibility index (Phi) is 6.23. The van der Waals surface area contributed by atoms with Crippen LogP contribution in [0.4, 0.5) is 0 Å². The van der Waals surface area contributed by atoms with Crippen LogP contribution < -0.4 is 9.47 Å². The largest absolute Gasteiger partial charge is 0.507 e. The third-order valence-electron chi connectivity index (χ3n) is 5.27. The van der Waals surface area contributed by atoms with Gasteiger partial charge in [-0.25, -0.2) is 0 Å². The molecule has 164 valence electrons. The minimum absolute atomic E-state index is 0.0596. The molecule has 0 fully saturated rings. The average molecular weight is 424 g/mol. The van der Waals surface area contributed by atoms with Gasteiger partial charge >= 0.3 is 0 Å². The first-order valence-corrected chi connectivity index (χ1v) is 10.2. The number of phenols is 1. The van der Waals surface area contributed by atoms with Gasteiger partial charge < -0.3 is 19.7 Å². The van der Waals surface area contributed by atoms with Crippen molar-refractivity contribution in [3.8, 4) is 17.2 Å². The van der Waals surface area contributed by atoms with Gasteiger partial charge in [0.15, 0.2) is 29.7 Å². The Bertz CT molecular complexity index is 1050. The third kappa shape index (κ3) is 4.64. The van der Waals surface area contributed by atoms with Gasteiger partial charge in [-0.2, -0.15) is 0 Å². The van der Waals surface area contributed by atoms with Crippen LogP contribution in [0.15, 0.2) is 35.9 Å². The highest BCUT2D eigenvalue weighted by molar-refractivity contribution is 6.16. The van der Waals surface area contributed by atoms with Crippen LogP contribution in [0.25, 0.3) is 0 Å². The number of carbonyl (C=O) groups excluding carboxylic acids is 2. The second-order valence-electron chi connectivity index (χ2n) is 8.68. The summed E-state index contributed by atoms with van der Waals surface area (Å²) in [6.07, 6.45) is 2.21. The van der Waals surface area contributed by atoms with E-state index in [9.17, 15) is 19.8 Å². The van der Waals surface area contributed by atoms with E-state index in [-0.39, 0.29) is 34.8 Å². The first-order chi connectivity index (χ1) is 14.5. The summed E-state index contributed by atoms with van der Waals surface area (Å²) in [7, 11) is 0. The van der Waals surface area contributed by atoms with Crippen molar-refractivity contribution in [2.24, 2.45) is 0 Å². The SMILES string of the molecule is CC(C)=CCc1ccc(O)c(C=O)c1C(=O)c1cc(C)cc2c1O[C@@H](C(C)(C)O)CO2. The molecule has 2 aromatic rings. The molecule has 2 aromatic carbocycles. The van der Waals surface area contributed by atoms with Gasteiger partial charge in [0.1, 0.15) is 12.4 Å². The number of rotatable bonds is 6. The minimum atomic E-state index is -1.18. The van der Waals surface area contributed by atoms with E-state index < -0.39 is 17.5 Å². The second-order valence-corrected chi connectivity index (χ2v) is 8.68. The van der Waals surface area contributed by atoms with E-state index in [1.165, 1.54) is 6.07 Å². The summed E-state index contributed by atoms with van der Waals surface area (Å²) in [5, 5.41) is 20.6. The summed E-state index contributed by atoms with van der Waals surface area (Å²) < 4.78 is 11.8. The molecule has 31 heavy (non-hydrogen) atoms. The van der Waals surface area contributed by atoms with Crippen molar-refractivity contribution in [3.63, 3.8) is 0 Å². The number of hydrogen-bond acceptors (Lipinski definition) is 6. The molecule has 0 radical (unpaired) electrons. The molecule has 0 saturated heterocycles. The predicted molar refractivity (Wildman–Crippen MR) is 117 cm³/mol. The Morgan fingerprint density at radius 2 is 1.97 bits per heavy atom. The van der Waals surface area contributed by atoms with E-state index in [0.717, 1.165) is 11.1 Å². The van der Waals surface area contributed by atoms with Gasteiger partial charge in [0.2, 0.25) is 0 Å². The van der Waals surface area contributed by atoms with Crippen molar-refractivity contribution < 1.29 is 29.3 Å². The average Bonchev–Trinajstić information content (AvgIpc) is 2.70. The zero-order chi connectivity index (χ0) is 22.9. The number of phenolic OH excluding ortho intramolecular Hbond substituents is 1. The number of allylic oxidation sites excluding steroid dienone is 2. The molecule has 6 nitrogen and oxygen atoms in total. The Labute approximate surface area is 182 Å². The van der Waals surface area contributed by atoms with Crippen LogP contribution in [0.3, 0.4) is 0 Å². The van der Waals surface area contributed by atoms with Crippen molar-refractivity contribution in [2.45, 2.75) is 52.7 Å². The fourth-order valence-corrected chi connectivity index (χ4v) is 3.49. The summed E-state index contributed by atoms with van der Waals surface area (Å²) in [4.78, 5) is 25.5. The monoisotopic (exact) mass is 424 g/mol. The molecular formula is C25H28O6. The van der Waals surface area contributed by atoms with Gasteiger partial charge in [0.25, 0.3) is 0 Å². The first kappa shape index (κ1) is 22.6. The normalized spacial score (nSPS) is 15.4. The lowest BCUT2D eigenvalue weighted by atomic mass is 9.90. The van der Waals surface area contributed by atoms with Crippen molar-refractivity contribution in [2.75, 3.05) is 6.61 Å². The Hall–Kier alpha value is -3.12. The lowest BCUT2D eigenvalue weighted by Crippen LogP contribution is -2.46. The summed E-state index contributed by atoms with van der Waals surface area (Å²) >= 11 is 0. The number of fused-ring (bicyclic) bond motifs is 1. The van der Waals surface area contributed by atoms with Crippen LogP contribution in [0.1, 0.15) is 65.1 Å². The van der Waals surface area contributed by atoms with Gasteiger partial charge in [-0.15, -0.1) is 0 Å². The molecule has 0 unspecified atom stereocenters. The van der Waals surface area contributed by atoms with Crippen molar-refractivity contribution in [1.29, 1.82) is 0 Å². The number of aldehydes is 1. The number of hydrogen-bond donors (Lipinski definition) is 2. The molecule has 0 aromatic heterocycles. The van der Waals surface area contributed by atoms with Gasteiger partial charge in [-0.05, 0) is 70.4 Å². The number of aromatic hydroxyl groups is 1. The van der Waals surface area contributed by atoms with Gasteiger partial charge in [-0.3, -0.25) is 9.59 Å². The van der Waals surface area contributed by atoms with Crippen LogP contribution in [0.5, 0.6) is 17.2 Å². The topological polar surface area (TPSA) is 93.1 Å². The summed E-state index contributed by atoms with van der Waals surface area (Å²) in [6, 6.07) is 6.50. The highest BCUT2D eigenvalue weighted by Crippen LogP contribution is 2.40. The van der Waals surface area contributed by atoms with E-state index in [1.807, 2.05) is 26.8 Å². The number of ether oxygens (including phenoxy) is 2. The fraction of sp³-hybridized carbons (Fsp3) is 0.360. The maximum atomic E-state index is 13.7. The number of aryl methyl sites for hydroxylation is 1. The van der Waals surface area contributed by atoms with Crippen LogP contribution in [0, 0.1) is 6.92 Å². The standard InChI is InChI=1S/C25H28O6/c1-14(2)6-7-16-8-9-19(27)18(12-26)22(16)23(28)17-10-15(3)11-20-24(17)31-21(13-30-20)25(4,5)29/h6,8-12,21,27,29H,7,13H2,1-5H3/t21-/m1/s1. The Morgan fingerprint density at radius 1 is 1.26 bits per heavy atom. The fourth-order valence-electron chi connectivity index (χ4n) is 3.49. The van der Waals surface area contributed by atoms with Crippen LogP contribution in [0.2, 0.25) is 0 Å². The van der Waals surface area contributed by atoms with E-state index in [2.05, 4.69) is 0 Å². The zero-order valence-corrected chi connectivity index (χ0v) is 18.5. The maximum Gasteiger partial charge on any atom is 0.198 e. The van der Waals surface area contributed by atoms with Crippen LogP contribution >= 0.6 is 0 Å². The van der Waals surface area contributed by atoms with E-state index in [1.54, 1.807) is 32.0 Å². The maximum absolute atomic E-state index is 13.7. The zero-order valence-electron chi connectivity index (χ0n) is 18.5. The smallest absolute Gasteiger partial charge is 0.198 e. The quantitative estimate of drug-likeness (QED) is 0.411. The molecular weight excluding hydrogens is 396 g/mol. The number of aliphatic hydroxyl groups is 1. The molecule has 1 aliphatic rings. The Morgan fingerprint density at radius 3 is 2.58 bits per heavy atom. The highest BCUT2D eigenvalue weighted by Gasteiger charge is 2.36. The van der Waals surface area contributed by atoms with Crippen molar-refractivity contribution in [1.82, 2.24) is 0 Å². The molecule has 0 bridgehead atoms. The molecule has 1 atom stereocenters. The van der Waals surface area contributed by atoms with Crippen LogP contribution in [-0.4, -0.2) is 40.6 Å². The van der Waals surface area contributed by atoms with E-state index >= 15 is 0 Å². The molecule has 0 saturated carbocycles. The third-order valence-corrected chi connectivity index (χ3v) is 5.27. The van der Waals surface area contributed by atoms with Gasteiger partial charge in [0, 0.05) is 5.56 Å². The number of benzene rings is 2. The summed E-state index contributed by atoms with van der Waals surface area (Å²) in [5.41, 5.74) is 1.58. The van der Waals surface area contributed by atoms with E-state index in [0.29, 0.717) is 24.0 Å². The molecule has 0 amide bonds. The molecule has 1 aliphatic heterocycles. The summed E-state index contributed by atoms with van der Waals surface area (Å²) in [6.45, 7) is 9.08. The number of ketones is 1. The second kappa shape index (κ2) is 8.55.